The molecule has 28 heavy (non-hydrogen) atoms. The van der Waals surface area contributed by atoms with E-state index in [9.17, 15) is 15.0 Å². The molecular weight excluding hydrogens is 352 g/mol. The van der Waals surface area contributed by atoms with Crippen molar-refractivity contribution >= 4 is 5.97 Å². The van der Waals surface area contributed by atoms with Gasteiger partial charge < -0.3 is 15.3 Å². The van der Waals surface area contributed by atoms with E-state index in [4.69, 9.17) is 5.11 Å². The largest absolute Gasteiger partial charge is 0.481 e. The van der Waals surface area contributed by atoms with Crippen LogP contribution in [0, 0.1) is 46.3 Å². The van der Waals surface area contributed by atoms with E-state index in [2.05, 4.69) is 20.8 Å². The van der Waals surface area contributed by atoms with Crippen LogP contribution < -0.4 is 0 Å². The molecule has 10 atom stereocenters. The van der Waals surface area contributed by atoms with Crippen molar-refractivity contribution in [3.8, 4) is 0 Å². The van der Waals surface area contributed by atoms with Crippen LogP contribution in [0.3, 0.4) is 0 Å². The molecule has 4 heteroatoms. The van der Waals surface area contributed by atoms with Gasteiger partial charge in [0.2, 0.25) is 0 Å². The molecule has 4 aliphatic rings. The quantitative estimate of drug-likeness (QED) is 0.659. The Labute approximate surface area is 170 Å². The lowest BCUT2D eigenvalue weighted by Gasteiger charge is -2.62. The third-order valence-corrected chi connectivity index (χ3v) is 10.3. The first kappa shape index (κ1) is 20.7. The molecule has 0 radical (unpaired) electrons. The van der Waals surface area contributed by atoms with E-state index in [1.54, 1.807) is 0 Å². The fraction of sp³-hybridized carbons (Fsp3) is 0.958. The summed E-state index contributed by atoms with van der Waals surface area (Å²) >= 11 is 0. The van der Waals surface area contributed by atoms with Gasteiger partial charge in [0.15, 0.2) is 0 Å². The van der Waals surface area contributed by atoms with Crippen molar-refractivity contribution in [1.29, 1.82) is 0 Å². The van der Waals surface area contributed by atoms with Crippen molar-refractivity contribution < 1.29 is 20.1 Å². The zero-order chi connectivity index (χ0) is 20.3. The summed E-state index contributed by atoms with van der Waals surface area (Å²) in [6, 6.07) is 0. The molecule has 4 aliphatic carbocycles. The van der Waals surface area contributed by atoms with Crippen molar-refractivity contribution in [2.45, 2.75) is 97.2 Å². The number of aliphatic carboxylic acids is 1. The zero-order valence-corrected chi connectivity index (χ0v) is 17.9. The Hall–Kier alpha value is -0.610. The molecule has 0 amide bonds. The van der Waals surface area contributed by atoms with E-state index in [0.29, 0.717) is 35.5 Å². The number of carboxylic acids is 1. The van der Waals surface area contributed by atoms with E-state index in [-0.39, 0.29) is 29.5 Å². The van der Waals surface area contributed by atoms with Crippen LogP contribution in [-0.2, 0) is 4.79 Å². The van der Waals surface area contributed by atoms with Gasteiger partial charge in [-0.3, -0.25) is 4.79 Å². The highest BCUT2D eigenvalue weighted by Gasteiger charge is 2.63. The highest BCUT2D eigenvalue weighted by atomic mass is 16.4. The molecular formula is C24H40O4. The number of hydrogen-bond acceptors (Lipinski definition) is 3. The van der Waals surface area contributed by atoms with Gasteiger partial charge >= 0.3 is 5.97 Å². The fourth-order valence-electron chi connectivity index (χ4n) is 8.71. The lowest BCUT2D eigenvalue weighted by molar-refractivity contribution is -0.175. The van der Waals surface area contributed by atoms with Gasteiger partial charge in [-0.05, 0) is 104 Å². The minimum atomic E-state index is -0.707. The smallest absolute Gasteiger partial charge is 0.303 e. The number of aliphatic hydroxyl groups is 2. The van der Waals surface area contributed by atoms with Gasteiger partial charge in [-0.15, -0.1) is 0 Å². The van der Waals surface area contributed by atoms with Crippen molar-refractivity contribution in [3.05, 3.63) is 0 Å². The fourth-order valence-corrected chi connectivity index (χ4v) is 8.71. The molecule has 2 unspecified atom stereocenters. The van der Waals surface area contributed by atoms with E-state index in [0.717, 1.165) is 38.5 Å². The second-order valence-electron chi connectivity index (χ2n) is 11.3. The van der Waals surface area contributed by atoms with E-state index < -0.39 is 5.97 Å². The molecule has 0 aromatic heterocycles. The summed E-state index contributed by atoms with van der Waals surface area (Å²) in [4.78, 5) is 11.1. The second-order valence-corrected chi connectivity index (χ2v) is 11.3. The summed E-state index contributed by atoms with van der Waals surface area (Å²) in [6.45, 7) is 6.99. The molecule has 0 aliphatic heterocycles. The number of fused-ring (bicyclic) bond motifs is 5. The maximum Gasteiger partial charge on any atom is 0.303 e. The predicted molar refractivity (Wildman–Crippen MR) is 109 cm³/mol. The first-order chi connectivity index (χ1) is 13.2. The van der Waals surface area contributed by atoms with Crippen LogP contribution in [0.1, 0.15) is 85.0 Å². The Kier molecular flexibility index (Phi) is 5.36. The molecule has 4 nitrogen and oxygen atoms in total. The van der Waals surface area contributed by atoms with Crippen molar-refractivity contribution in [3.63, 3.8) is 0 Å². The molecule has 0 aromatic rings. The summed E-state index contributed by atoms with van der Waals surface area (Å²) in [5.41, 5.74) is 0.216. The number of aliphatic hydroxyl groups excluding tert-OH is 2. The Morgan fingerprint density at radius 1 is 1.04 bits per heavy atom. The van der Waals surface area contributed by atoms with E-state index in [1.807, 2.05) is 0 Å². The van der Waals surface area contributed by atoms with E-state index in [1.165, 1.54) is 19.3 Å². The highest BCUT2D eigenvalue weighted by molar-refractivity contribution is 5.66. The number of carbonyl (C=O) groups is 1. The molecule has 4 fully saturated rings. The van der Waals surface area contributed by atoms with Crippen LogP contribution >= 0.6 is 0 Å². The molecule has 0 heterocycles. The van der Waals surface area contributed by atoms with E-state index >= 15 is 0 Å². The molecule has 0 bridgehead atoms. The maximum atomic E-state index is 11.5. The van der Waals surface area contributed by atoms with Gasteiger partial charge in [-0.1, -0.05) is 20.8 Å². The third kappa shape index (κ3) is 3.05. The van der Waals surface area contributed by atoms with Gasteiger partial charge in [-0.2, -0.15) is 0 Å². The van der Waals surface area contributed by atoms with Gasteiger partial charge in [-0.25, -0.2) is 0 Å². The number of hydrogen-bond donors (Lipinski definition) is 3. The normalized spacial score (nSPS) is 51.7. The number of carboxylic acid groups (broad SMARTS) is 1. The molecule has 0 spiro atoms. The van der Waals surface area contributed by atoms with Gasteiger partial charge in [0, 0.05) is 6.42 Å². The van der Waals surface area contributed by atoms with Crippen LogP contribution in [0.25, 0.3) is 0 Å². The first-order valence-corrected chi connectivity index (χ1v) is 11.8. The lowest BCUT2D eigenvalue weighted by Crippen LogP contribution is -2.58. The minimum Gasteiger partial charge on any atom is -0.481 e. The Morgan fingerprint density at radius 2 is 1.79 bits per heavy atom. The van der Waals surface area contributed by atoms with Crippen molar-refractivity contribution in [2.24, 2.45) is 46.3 Å². The Morgan fingerprint density at radius 3 is 2.50 bits per heavy atom. The zero-order valence-electron chi connectivity index (χ0n) is 17.9. The van der Waals surface area contributed by atoms with Crippen LogP contribution in [0.15, 0.2) is 0 Å². The number of rotatable bonds is 4. The van der Waals surface area contributed by atoms with Crippen LogP contribution in [0.5, 0.6) is 0 Å². The third-order valence-electron chi connectivity index (χ3n) is 10.3. The van der Waals surface area contributed by atoms with Gasteiger partial charge in [0.05, 0.1) is 12.2 Å². The van der Waals surface area contributed by atoms with Gasteiger partial charge in [0.25, 0.3) is 0 Å². The maximum absolute atomic E-state index is 11.5. The Balaban J connectivity index is 1.56. The highest BCUT2D eigenvalue weighted by Crippen LogP contribution is 2.68. The molecule has 160 valence electrons. The lowest BCUT2D eigenvalue weighted by atomic mass is 9.43. The second kappa shape index (κ2) is 7.27. The summed E-state index contributed by atoms with van der Waals surface area (Å²) in [5, 5.41) is 30.8. The van der Waals surface area contributed by atoms with Crippen molar-refractivity contribution in [1.82, 2.24) is 0 Å². The van der Waals surface area contributed by atoms with Crippen LogP contribution in [0.4, 0.5) is 0 Å². The molecule has 4 rings (SSSR count). The summed E-state index contributed by atoms with van der Waals surface area (Å²) < 4.78 is 0. The Bertz CT molecular complexity index is 605. The minimum absolute atomic E-state index is 0.0591. The summed E-state index contributed by atoms with van der Waals surface area (Å²) in [5.74, 6) is 2.55. The van der Waals surface area contributed by atoms with Crippen LogP contribution in [0.2, 0.25) is 0 Å². The van der Waals surface area contributed by atoms with Gasteiger partial charge in [0.1, 0.15) is 0 Å². The van der Waals surface area contributed by atoms with Crippen LogP contribution in [-0.4, -0.2) is 33.5 Å². The summed E-state index contributed by atoms with van der Waals surface area (Å²) in [7, 11) is 0. The molecule has 0 aromatic carbocycles. The predicted octanol–water partition coefficient (Wildman–Crippen LogP) is 4.48. The standard InChI is InChI=1S/C24H40O4/c1-14(4-9-22(27)28)18-7-8-19-17-6-5-15-12-16(25)10-11-23(15,2)20(17)13-21(26)24(18,19)3/h14-21,25-26H,4-13H2,1-3H3,(H,27,28)/t14?,15-,16+,17+,18-,19?,20+,21+,23+,24-/m1/s1. The molecule has 4 saturated carbocycles. The molecule has 0 saturated heterocycles. The topological polar surface area (TPSA) is 77.8 Å². The van der Waals surface area contributed by atoms with Crippen molar-refractivity contribution in [2.75, 3.05) is 0 Å². The average molecular weight is 393 g/mol. The first-order valence-electron chi connectivity index (χ1n) is 11.8. The SMILES string of the molecule is CC(CCC(=O)O)[C@H]1CCC2[C@@H]3CC[C@@H]4C[C@@H](O)CC[C@]4(C)[C@H]3C[C@H](O)[C@@]21C. The summed E-state index contributed by atoms with van der Waals surface area (Å²) in [6.07, 6.45) is 9.26. The molecule has 3 N–H and O–H groups in total. The average Bonchev–Trinajstić information content (AvgIpc) is 3.00. The monoisotopic (exact) mass is 392 g/mol.